The van der Waals surface area contributed by atoms with E-state index in [9.17, 15) is 18.4 Å². The van der Waals surface area contributed by atoms with Crippen LogP contribution in [0.3, 0.4) is 0 Å². The summed E-state index contributed by atoms with van der Waals surface area (Å²) in [7, 11) is 0. The lowest BCUT2D eigenvalue weighted by molar-refractivity contribution is -0.120. The van der Waals surface area contributed by atoms with Crippen molar-refractivity contribution in [3.63, 3.8) is 0 Å². The number of nitrogens with zero attached hydrogens (tertiary/aromatic N) is 5. The third-order valence-electron chi connectivity index (χ3n) is 5.76. The zero-order valence-electron chi connectivity index (χ0n) is 23.6. The van der Waals surface area contributed by atoms with Crippen LogP contribution < -0.4 is 10.2 Å². The molecule has 202 valence electrons. The van der Waals surface area contributed by atoms with E-state index in [-0.39, 0.29) is 22.4 Å². The Labute approximate surface area is 231 Å². The largest absolute Gasteiger partial charge is 0.485 e. The molecule has 0 aliphatic carbocycles. The van der Waals surface area contributed by atoms with Gasteiger partial charge in [-0.25, -0.2) is 23.2 Å². The number of halogens is 3. The van der Waals surface area contributed by atoms with E-state index in [2.05, 4.69) is 20.4 Å². The van der Waals surface area contributed by atoms with Gasteiger partial charge in [0.05, 0.1) is 25.9 Å². The van der Waals surface area contributed by atoms with Gasteiger partial charge >= 0.3 is 0 Å². The van der Waals surface area contributed by atoms with Gasteiger partial charge in [-0.1, -0.05) is 11.6 Å². The minimum Gasteiger partial charge on any atom is -0.485 e. The molecule has 1 aliphatic rings. The number of rotatable bonds is 7. The fourth-order valence-electron chi connectivity index (χ4n) is 3.93. The molecule has 39 heavy (non-hydrogen) atoms. The van der Waals surface area contributed by atoms with Crippen molar-refractivity contribution in [3.05, 3.63) is 93.6 Å². The van der Waals surface area contributed by atoms with Crippen LogP contribution in [0.25, 0.3) is 5.82 Å². The van der Waals surface area contributed by atoms with E-state index in [1.54, 1.807) is 44.3 Å². The van der Waals surface area contributed by atoms with Gasteiger partial charge in [-0.3, -0.25) is 9.78 Å². The highest BCUT2D eigenvalue weighted by atomic mass is 35.5. The van der Waals surface area contributed by atoms with Crippen molar-refractivity contribution >= 4 is 29.1 Å². The number of aryl methyl sites for hydroxylation is 1. The van der Waals surface area contributed by atoms with E-state index in [1.807, 2.05) is 13.8 Å². The van der Waals surface area contributed by atoms with Crippen LogP contribution in [0.4, 0.5) is 14.5 Å². The van der Waals surface area contributed by atoms with E-state index >= 15 is 0 Å². The van der Waals surface area contributed by atoms with Gasteiger partial charge in [-0.15, -0.1) is 0 Å². The van der Waals surface area contributed by atoms with Crippen LogP contribution in [-0.2, 0) is 26.4 Å². The van der Waals surface area contributed by atoms with Gasteiger partial charge in [0.25, 0.3) is 0 Å². The summed E-state index contributed by atoms with van der Waals surface area (Å²) in [5.41, 5.74) is 0.395. The predicted octanol–water partition coefficient (Wildman–Crippen LogP) is 4.73. The van der Waals surface area contributed by atoms with E-state index in [4.69, 9.17) is 19.1 Å². The number of amides is 1. The first-order valence-corrected chi connectivity index (χ1v) is 12.0. The third-order valence-corrected chi connectivity index (χ3v) is 6.12. The van der Waals surface area contributed by atoms with E-state index in [1.165, 1.54) is 22.6 Å². The number of hydrogen-bond acceptors (Lipinski definition) is 7. The number of aromatic nitrogens is 4. The summed E-state index contributed by atoms with van der Waals surface area (Å²) in [6.45, 7) is 5.58. The molecule has 12 heteroatoms. The Bertz CT molecular complexity index is 1660. The maximum atomic E-state index is 14.3. The topological polar surface area (TPSA) is 102 Å². The Morgan fingerprint density at radius 2 is 2.00 bits per heavy atom. The van der Waals surface area contributed by atoms with Crippen molar-refractivity contribution in [3.8, 4) is 5.82 Å². The first-order valence-electron chi connectivity index (χ1n) is 12.6. The maximum Gasteiger partial charge on any atom is 0.217 e. The van der Waals surface area contributed by atoms with E-state index in [0.717, 1.165) is 0 Å². The summed E-state index contributed by atoms with van der Waals surface area (Å²) in [5.74, 6) is -0.554. The van der Waals surface area contributed by atoms with Crippen molar-refractivity contribution in [2.45, 2.75) is 46.7 Å². The number of anilines is 1. The molecule has 0 spiro atoms. The minimum absolute atomic E-state index is 0.196. The first kappa shape index (κ1) is 25.0. The molecule has 1 N–H and O–H groups in total. The summed E-state index contributed by atoms with van der Waals surface area (Å²) >= 11 is 6.48. The predicted molar refractivity (Wildman–Crippen MR) is 140 cm³/mol. The lowest BCUT2D eigenvalue weighted by Crippen LogP contribution is -2.40. The molecule has 0 saturated carbocycles. The number of carbonyl (C=O) groups excluding carboxylic acids is 2. The molecule has 0 unspecified atom stereocenters. The number of ether oxygens (including phenoxy) is 1. The number of pyridine rings is 2. The zero-order valence-corrected chi connectivity index (χ0v) is 22.4. The average Bonchev–Trinajstić information content (AvgIpc) is 3.37. The van der Waals surface area contributed by atoms with Gasteiger partial charge in [0, 0.05) is 43.2 Å². The Balaban J connectivity index is 1.70. The molecular weight excluding hydrogens is 530 g/mol. The molecule has 0 atom stereocenters. The van der Waals surface area contributed by atoms with Crippen LogP contribution >= 0.6 is 11.6 Å². The molecule has 4 rings (SSSR count). The molecule has 3 aromatic heterocycles. The summed E-state index contributed by atoms with van der Waals surface area (Å²) in [4.78, 5) is 33.2. The van der Waals surface area contributed by atoms with Crippen LogP contribution in [-0.4, -0.2) is 31.6 Å². The van der Waals surface area contributed by atoms with E-state index < -0.39 is 29.4 Å². The fraction of sp³-hybridized carbons (Fsp3) is 0.259. The van der Waals surface area contributed by atoms with Crippen molar-refractivity contribution in [2.75, 3.05) is 4.90 Å². The number of nitrogens with one attached hydrogen (secondary N) is 1. The molecule has 0 aromatic carbocycles. The second kappa shape index (κ2) is 10.8. The van der Waals surface area contributed by atoms with Crippen molar-refractivity contribution in [1.29, 1.82) is 0 Å². The molecule has 1 amide bonds. The molecule has 0 bridgehead atoms. The normalized spacial score (nSPS) is 14.9. The van der Waals surface area contributed by atoms with Crippen LogP contribution in [0.2, 0.25) is 0 Å². The van der Waals surface area contributed by atoms with Gasteiger partial charge in [0.15, 0.2) is 23.3 Å². The fourth-order valence-corrected chi connectivity index (χ4v) is 4.15. The van der Waals surface area contributed by atoms with E-state index in [0.29, 0.717) is 40.7 Å². The molecule has 0 saturated heterocycles. The van der Waals surface area contributed by atoms with Gasteiger partial charge in [-0.05, 0) is 39.3 Å². The standard InChI is InChI=1S/C27H25ClF2N6O3/c1-15-11-32-25(35-7-6-24(34-35)27(4,5)33-17(3)38)10-21(15)36-16(2)8-23(26(28)22(36)13-37)39-14-20-19(30)9-18(29)12-31-20/h6-12H,14H2,1-5H3,(H,33,38)/i14D2. The molecule has 0 fully saturated rings. The smallest absolute Gasteiger partial charge is 0.217 e. The second-order valence-electron chi connectivity index (χ2n) is 9.22. The highest BCUT2D eigenvalue weighted by Crippen LogP contribution is 2.37. The Kier molecular flexibility index (Phi) is 6.91. The van der Waals surface area contributed by atoms with Crippen LogP contribution in [0.1, 0.15) is 47.4 Å². The van der Waals surface area contributed by atoms with Gasteiger partial charge < -0.3 is 15.0 Å². The number of allylic oxidation sites excluding steroid dienone is 3. The Morgan fingerprint density at radius 1 is 1.26 bits per heavy atom. The summed E-state index contributed by atoms with van der Waals surface area (Å²) in [6.07, 6.45) is 5.28. The number of hydrogen-bond donors (Lipinski definition) is 1. The lowest BCUT2D eigenvalue weighted by atomic mass is 10.0. The quantitative estimate of drug-likeness (QED) is 0.420. The molecular formula is C27H25ClF2N6O3. The molecule has 1 aliphatic heterocycles. The summed E-state index contributed by atoms with van der Waals surface area (Å²) < 4.78 is 50.8. The highest BCUT2D eigenvalue weighted by Gasteiger charge is 2.29. The van der Waals surface area contributed by atoms with Gasteiger partial charge in [-0.2, -0.15) is 5.10 Å². The summed E-state index contributed by atoms with van der Waals surface area (Å²) in [6, 6.07) is 3.89. The van der Waals surface area contributed by atoms with Crippen LogP contribution in [0.5, 0.6) is 0 Å². The third kappa shape index (κ3) is 5.74. The average molecular weight is 557 g/mol. The first-order chi connectivity index (χ1) is 19.1. The second-order valence-corrected chi connectivity index (χ2v) is 9.60. The SMILES string of the molecule is [2H]C([2H])(OC1=C(Cl)C(=C=O)N(c2cc(-n3ccc(C(C)(C)NC(C)=O)n3)ncc2C)C(C)=C1)c1ncc(F)cc1F. The maximum absolute atomic E-state index is 14.3. The van der Waals surface area contributed by atoms with Crippen LogP contribution in [0.15, 0.2) is 65.1 Å². The molecule has 3 aromatic rings. The summed E-state index contributed by atoms with van der Waals surface area (Å²) in [5, 5.41) is 7.09. The van der Waals surface area contributed by atoms with Crippen LogP contribution in [0, 0.1) is 18.6 Å². The highest BCUT2D eigenvalue weighted by molar-refractivity contribution is 6.33. The molecule has 4 heterocycles. The zero-order chi connectivity index (χ0) is 30.3. The Morgan fingerprint density at radius 3 is 2.67 bits per heavy atom. The van der Waals surface area contributed by atoms with Gasteiger partial charge in [0.1, 0.15) is 28.9 Å². The van der Waals surface area contributed by atoms with Crippen molar-refractivity contribution in [2.24, 2.45) is 0 Å². The number of carbonyl (C=O) groups is 1. The molecule has 9 nitrogen and oxygen atoms in total. The van der Waals surface area contributed by atoms with Crippen molar-refractivity contribution < 1.29 is 25.8 Å². The molecule has 0 radical (unpaired) electrons. The van der Waals surface area contributed by atoms with Crippen molar-refractivity contribution in [1.82, 2.24) is 25.1 Å². The lowest BCUT2D eigenvalue weighted by Gasteiger charge is -2.31. The minimum atomic E-state index is -2.86. The Hall–Kier alpha value is -4.34. The monoisotopic (exact) mass is 556 g/mol. The van der Waals surface area contributed by atoms with Gasteiger partial charge in [0.2, 0.25) is 5.91 Å².